The van der Waals surface area contributed by atoms with Crippen LogP contribution in [0.1, 0.15) is 64.5 Å². The highest BCUT2D eigenvalue weighted by molar-refractivity contribution is 5.80. The second-order valence-corrected chi connectivity index (χ2v) is 5.88. The summed E-state index contributed by atoms with van der Waals surface area (Å²) in [4.78, 5) is 4.39. The molecule has 4 heteroatoms. The van der Waals surface area contributed by atoms with Crippen molar-refractivity contribution in [2.75, 3.05) is 13.2 Å². The number of nitrogens with zero attached hydrogens (tertiary/aromatic N) is 1. The number of aliphatic hydroxyl groups excluding tert-OH is 2. The number of hydrogen-bond acceptors (Lipinski definition) is 4. The van der Waals surface area contributed by atoms with Gasteiger partial charge in [-0.2, -0.15) is 0 Å². The maximum Gasteiger partial charge on any atom is 0.121 e. The van der Waals surface area contributed by atoms with E-state index >= 15 is 0 Å². The van der Waals surface area contributed by atoms with Crippen LogP contribution in [0, 0.1) is 0 Å². The number of aromatic nitrogens is 1. The normalized spacial score (nSPS) is 11.7. The van der Waals surface area contributed by atoms with Gasteiger partial charge in [0, 0.05) is 24.3 Å². The monoisotopic (exact) mass is 333 g/mol. The zero-order chi connectivity index (χ0) is 17.8. The van der Waals surface area contributed by atoms with Gasteiger partial charge in [0.1, 0.15) is 5.75 Å². The minimum Gasteiger partial charge on any atom is -0.494 e. The first-order valence-electron chi connectivity index (χ1n) is 8.93. The molecule has 0 amide bonds. The SMILES string of the molecule is CCCCCCCOc1ccc2cc(C(C)O)cnc2c1.CCO. The van der Waals surface area contributed by atoms with Crippen molar-refractivity contribution in [2.24, 2.45) is 0 Å². The third-order valence-electron chi connectivity index (χ3n) is 3.68. The van der Waals surface area contributed by atoms with Crippen LogP contribution in [-0.2, 0) is 0 Å². The number of unbranched alkanes of at least 4 members (excludes halogenated alkanes) is 4. The van der Waals surface area contributed by atoms with Crippen LogP contribution >= 0.6 is 0 Å². The third kappa shape index (κ3) is 7.28. The van der Waals surface area contributed by atoms with Gasteiger partial charge in [0.05, 0.1) is 18.2 Å². The Labute approximate surface area is 145 Å². The summed E-state index contributed by atoms with van der Waals surface area (Å²) in [6.07, 6.45) is 7.45. The van der Waals surface area contributed by atoms with E-state index in [0.717, 1.165) is 35.2 Å². The van der Waals surface area contributed by atoms with Crippen LogP contribution in [0.4, 0.5) is 0 Å². The molecule has 2 aromatic rings. The van der Waals surface area contributed by atoms with Gasteiger partial charge >= 0.3 is 0 Å². The van der Waals surface area contributed by atoms with Crippen molar-refractivity contribution in [1.29, 1.82) is 0 Å². The lowest BCUT2D eigenvalue weighted by Gasteiger charge is -2.09. The van der Waals surface area contributed by atoms with Crippen molar-refractivity contribution < 1.29 is 14.9 Å². The van der Waals surface area contributed by atoms with E-state index in [9.17, 15) is 5.11 Å². The molecule has 1 unspecified atom stereocenters. The summed E-state index contributed by atoms with van der Waals surface area (Å²) in [7, 11) is 0. The van der Waals surface area contributed by atoms with Crippen molar-refractivity contribution in [1.82, 2.24) is 4.98 Å². The molecule has 0 radical (unpaired) electrons. The summed E-state index contributed by atoms with van der Waals surface area (Å²) in [6, 6.07) is 7.91. The fraction of sp³-hybridized carbons (Fsp3) is 0.550. The first-order valence-corrected chi connectivity index (χ1v) is 8.93. The van der Waals surface area contributed by atoms with Crippen LogP contribution in [0.5, 0.6) is 5.75 Å². The van der Waals surface area contributed by atoms with Gasteiger partial charge in [-0.15, -0.1) is 0 Å². The summed E-state index contributed by atoms with van der Waals surface area (Å²) in [5.41, 5.74) is 1.75. The second kappa shape index (κ2) is 11.8. The van der Waals surface area contributed by atoms with Gasteiger partial charge in [-0.1, -0.05) is 32.6 Å². The first-order chi connectivity index (χ1) is 11.6. The van der Waals surface area contributed by atoms with E-state index in [1.54, 1.807) is 20.0 Å². The molecule has 0 bridgehead atoms. The summed E-state index contributed by atoms with van der Waals surface area (Å²) in [5, 5.41) is 18.2. The Bertz CT molecular complexity index is 584. The summed E-state index contributed by atoms with van der Waals surface area (Å²) >= 11 is 0. The molecule has 24 heavy (non-hydrogen) atoms. The minimum absolute atomic E-state index is 0.250. The quantitative estimate of drug-likeness (QED) is 0.691. The number of ether oxygens (including phenoxy) is 1. The molecular formula is C20H31NO3. The van der Waals surface area contributed by atoms with Gasteiger partial charge in [-0.25, -0.2) is 0 Å². The van der Waals surface area contributed by atoms with E-state index < -0.39 is 6.10 Å². The lowest BCUT2D eigenvalue weighted by atomic mass is 10.1. The number of fused-ring (bicyclic) bond motifs is 1. The molecule has 4 nitrogen and oxygen atoms in total. The Hall–Kier alpha value is -1.65. The maximum absolute atomic E-state index is 9.58. The van der Waals surface area contributed by atoms with Gasteiger partial charge in [0.15, 0.2) is 0 Å². The van der Waals surface area contributed by atoms with E-state index in [0.29, 0.717) is 0 Å². The molecule has 1 aromatic carbocycles. The van der Waals surface area contributed by atoms with Crippen LogP contribution < -0.4 is 4.74 Å². The molecule has 0 saturated carbocycles. The Morgan fingerprint density at radius 3 is 2.46 bits per heavy atom. The molecule has 1 heterocycles. The summed E-state index contributed by atoms with van der Waals surface area (Å²) in [5.74, 6) is 0.871. The van der Waals surface area contributed by atoms with Crippen LogP contribution in [0.2, 0.25) is 0 Å². The Balaban J connectivity index is 0.000000891. The van der Waals surface area contributed by atoms with E-state index in [-0.39, 0.29) is 6.61 Å². The molecule has 1 atom stereocenters. The zero-order valence-electron chi connectivity index (χ0n) is 15.2. The molecule has 2 rings (SSSR count). The zero-order valence-corrected chi connectivity index (χ0v) is 15.2. The highest BCUT2D eigenvalue weighted by Crippen LogP contribution is 2.22. The highest BCUT2D eigenvalue weighted by Gasteiger charge is 2.04. The van der Waals surface area contributed by atoms with E-state index in [1.165, 1.54) is 25.7 Å². The van der Waals surface area contributed by atoms with Gasteiger partial charge in [0.2, 0.25) is 0 Å². The van der Waals surface area contributed by atoms with E-state index in [1.807, 2.05) is 24.3 Å². The fourth-order valence-corrected chi connectivity index (χ4v) is 2.33. The summed E-state index contributed by atoms with van der Waals surface area (Å²) in [6.45, 7) is 6.67. The predicted molar refractivity (Wildman–Crippen MR) is 99.4 cm³/mol. The van der Waals surface area contributed by atoms with Gasteiger partial charge < -0.3 is 14.9 Å². The molecule has 1 aromatic heterocycles. The standard InChI is InChI=1S/C18H25NO2.C2H6O/c1-3-4-5-6-7-10-21-17-9-8-15-11-16(14(2)20)13-19-18(15)12-17;1-2-3/h8-9,11-14,20H,3-7,10H2,1-2H3;3H,2H2,1H3. The van der Waals surface area contributed by atoms with E-state index in [2.05, 4.69) is 11.9 Å². The Morgan fingerprint density at radius 1 is 1.08 bits per heavy atom. The molecule has 2 N–H and O–H groups in total. The van der Waals surface area contributed by atoms with Crippen molar-refractivity contribution in [3.8, 4) is 5.75 Å². The number of pyridine rings is 1. The van der Waals surface area contributed by atoms with Crippen molar-refractivity contribution >= 4 is 10.9 Å². The van der Waals surface area contributed by atoms with Crippen molar-refractivity contribution in [3.05, 3.63) is 36.0 Å². The Morgan fingerprint density at radius 2 is 1.79 bits per heavy atom. The fourth-order valence-electron chi connectivity index (χ4n) is 2.33. The maximum atomic E-state index is 9.58. The van der Waals surface area contributed by atoms with Crippen molar-refractivity contribution in [2.45, 2.75) is 59.0 Å². The molecule has 0 fully saturated rings. The van der Waals surface area contributed by atoms with Crippen LogP contribution in [-0.4, -0.2) is 28.4 Å². The number of rotatable bonds is 8. The molecular weight excluding hydrogens is 302 g/mol. The molecule has 0 aliphatic heterocycles. The van der Waals surface area contributed by atoms with Crippen LogP contribution in [0.15, 0.2) is 30.5 Å². The minimum atomic E-state index is -0.485. The largest absolute Gasteiger partial charge is 0.494 e. The number of hydrogen-bond donors (Lipinski definition) is 2. The number of aliphatic hydroxyl groups is 2. The lowest BCUT2D eigenvalue weighted by Crippen LogP contribution is -1.98. The molecule has 0 aliphatic rings. The van der Waals surface area contributed by atoms with Crippen molar-refractivity contribution in [3.63, 3.8) is 0 Å². The van der Waals surface area contributed by atoms with Gasteiger partial charge in [-0.3, -0.25) is 4.98 Å². The topological polar surface area (TPSA) is 62.6 Å². The molecule has 0 aliphatic carbocycles. The van der Waals surface area contributed by atoms with Gasteiger partial charge in [-0.05, 0) is 44.0 Å². The Kier molecular flexibility index (Phi) is 10.0. The first kappa shape index (κ1) is 20.4. The second-order valence-electron chi connectivity index (χ2n) is 5.88. The number of benzene rings is 1. The molecule has 134 valence electrons. The average Bonchev–Trinajstić information content (AvgIpc) is 2.58. The molecule has 0 saturated heterocycles. The van der Waals surface area contributed by atoms with E-state index in [4.69, 9.17) is 9.84 Å². The highest BCUT2D eigenvalue weighted by atomic mass is 16.5. The average molecular weight is 333 g/mol. The smallest absolute Gasteiger partial charge is 0.121 e. The van der Waals surface area contributed by atoms with Crippen LogP contribution in [0.25, 0.3) is 10.9 Å². The third-order valence-corrected chi connectivity index (χ3v) is 3.68. The summed E-state index contributed by atoms with van der Waals surface area (Å²) < 4.78 is 5.78. The molecule has 0 spiro atoms. The van der Waals surface area contributed by atoms with Crippen LogP contribution in [0.3, 0.4) is 0 Å². The lowest BCUT2D eigenvalue weighted by molar-refractivity contribution is 0.199. The predicted octanol–water partition coefficient (Wildman–Crippen LogP) is 4.64. The van der Waals surface area contributed by atoms with Gasteiger partial charge in [0.25, 0.3) is 0 Å².